The van der Waals surface area contributed by atoms with Gasteiger partial charge in [-0.25, -0.2) is 9.78 Å². The minimum atomic E-state index is -0.932. The van der Waals surface area contributed by atoms with Crippen LogP contribution >= 0.6 is 15.9 Å². The molecule has 2 heterocycles. The lowest BCUT2D eigenvalue weighted by atomic mass is 10.2. The minimum Gasteiger partial charge on any atom is -0.478 e. The van der Waals surface area contributed by atoms with Crippen LogP contribution < -0.4 is 0 Å². The molecule has 0 aliphatic heterocycles. The van der Waals surface area contributed by atoms with Crippen LogP contribution in [0.15, 0.2) is 22.9 Å². The number of halogens is 1. The molecule has 0 atom stereocenters. The number of aromatic carboxylic acids is 1. The highest BCUT2D eigenvalue weighted by molar-refractivity contribution is 9.10. The maximum absolute atomic E-state index is 10.7. The molecule has 4 nitrogen and oxygen atoms in total. The zero-order valence-electron chi connectivity index (χ0n) is 7.36. The van der Waals surface area contributed by atoms with Crippen LogP contribution in [0.5, 0.6) is 0 Å². The van der Waals surface area contributed by atoms with E-state index in [0.717, 1.165) is 11.3 Å². The number of hydrogen-bond donors (Lipinski definition) is 1. The summed E-state index contributed by atoms with van der Waals surface area (Å²) in [5, 5.41) is 8.80. The van der Waals surface area contributed by atoms with Crippen LogP contribution in [-0.2, 0) is 0 Å². The molecule has 14 heavy (non-hydrogen) atoms. The Morgan fingerprint density at radius 2 is 2.36 bits per heavy atom. The Morgan fingerprint density at radius 1 is 1.64 bits per heavy atom. The summed E-state index contributed by atoms with van der Waals surface area (Å²) in [4.78, 5) is 14.9. The molecule has 72 valence electrons. The summed E-state index contributed by atoms with van der Waals surface area (Å²) in [6.45, 7) is 1.86. The van der Waals surface area contributed by atoms with Crippen molar-refractivity contribution >= 4 is 27.4 Å². The number of aromatic nitrogens is 2. The highest BCUT2D eigenvalue weighted by Crippen LogP contribution is 2.19. The number of rotatable bonds is 1. The van der Waals surface area contributed by atoms with Gasteiger partial charge in [0.15, 0.2) is 0 Å². The third-order valence-electron chi connectivity index (χ3n) is 2.02. The van der Waals surface area contributed by atoms with Crippen LogP contribution in [0.4, 0.5) is 0 Å². The first-order valence-corrected chi connectivity index (χ1v) is 4.76. The summed E-state index contributed by atoms with van der Waals surface area (Å²) in [6.07, 6.45) is 1.70. The molecule has 0 radical (unpaired) electrons. The van der Waals surface area contributed by atoms with Gasteiger partial charge in [0.1, 0.15) is 10.4 Å². The second kappa shape index (κ2) is 3.09. The maximum atomic E-state index is 10.7. The van der Waals surface area contributed by atoms with Crippen LogP contribution in [0.2, 0.25) is 0 Å². The zero-order valence-corrected chi connectivity index (χ0v) is 8.95. The first kappa shape index (κ1) is 9.21. The van der Waals surface area contributed by atoms with Crippen molar-refractivity contribution in [2.24, 2.45) is 0 Å². The molecule has 0 amide bonds. The van der Waals surface area contributed by atoms with Crippen molar-refractivity contribution in [2.45, 2.75) is 6.92 Å². The van der Waals surface area contributed by atoms with Crippen molar-refractivity contribution in [1.82, 2.24) is 9.38 Å². The van der Waals surface area contributed by atoms with E-state index in [1.54, 1.807) is 18.3 Å². The van der Waals surface area contributed by atoms with Gasteiger partial charge in [-0.15, -0.1) is 0 Å². The lowest BCUT2D eigenvalue weighted by Crippen LogP contribution is -1.97. The Bertz CT molecular complexity index is 519. The van der Waals surface area contributed by atoms with Crippen LogP contribution in [0.1, 0.15) is 16.2 Å². The van der Waals surface area contributed by atoms with Crippen molar-refractivity contribution in [2.75, 3.05) is 0 Å². The predicted molar refractivity (Wildman–Crippen MR) is 54.6 cm³/mol. The Hall–Kier alpha value is -1.36. The standard InChI is InChI=1S/C9H7BrN2O2/c1-5-11-8(10)7-4-6(9(13)14)2-3-12(5)7/h2-4H,1H3,(H,13,14). The molecule has 2 aromatic heterocycles. The molecule has 0 bridgehead atoms. The van der Waals surface area contributed by atoms with Gasteiger partial charge in [-0.2, -0.15) is 0 Å². The van der Waals surface area contributed by atoms with Crippen molar-refractivity contribution in [3.8, 4) is 0 Å². The van der Waals surface area contributed by atoms with E-state index in [2.05, 4.69) is 20.9 Å². The van der Waals surface area contributed by atoms with Crippen LogP contribution in [0, 0.1) is 6.92 Å². The molecule has 1 N–H and O–H groups in total. The van der Waals surface area contributed by atoms with Gasteiger partial charge in [0, 0.05) is 6.20 Å². The Balaban J connectivity index is 2.77. The first-order chi connectivity index (χ1) is 6.59. The molecule has 0 aliphatic rings. The number of fused-ring (bicyclic) bond motifs is 1. The smallest absolute Gasteiger partial charge is 0.335 e. The Morgan fingerprint density at radius 3 is 3.00 bits per heavy atom. The monoisotopic (exact) mass is 254 g/mol. The summed E-state index contributed by atoms with van der Waals surface area (Å²) in [5.41, 5.74) is 1.03. The molecular weight excluding hydrogens is 248 g/mol. The van der Waals surface area contributed by atoms with Gasteiger partial charge in [-0.05, 0) is 35.0 Å². The van der Waals surface area contributed by atoms with E-state index in [9.17, 15) is 4.79 Å². The molecule has 0 fully saturated rings. The van der Waals surface area contributed by atoms with Crippen LogP contribution in [0.3, 0.4) is 0 Å². The fourth-order valence-electron chi connectivity index (χ4n) is 1.33. The van der Waals surface area contributed by atoms with Gasteiger partial charge >= 0.3 is 5.97 Å². The normalized spacial score (nSPS) is 10.7. The minimum absolute atomic E-state index is 0.262. The van der Waals surface area contributed by atoms with Crippen molar-refractivity contribution in [3.63, 3.8) is 0 Å². The predicted octanol–water partition coefficient (Wildman–Crippen LogP) is 2.10. The first-order valence-electron chi connectivity index (χ1n) is 3.97. The molecular formula is C9H7BrN2O2. The van der Waals surface area contributed by atoms with Gasteiger partial charge in [0.05, 0.1) is 11.1 Å². The Labute approximate surface area is 88.3 Å². The number of aryl methyl sites for hydroxylation is 1. The largest absolute Gasteiger partial charge is 0.478 e. The average Bonchev–Trinajstić information content (AvgIpc) is 2.42. The summed E-state index contributed by atoms with van der Waals surface area (Å²) >= 11 is 3.28. The number of nitrogens with zero attached hydrogens (tertiary/aromatic N) is 2. The molecule has 0 saturated heterocycles. The second-order valence-corrected chi connectivity index (χ2v) is 3.68. The maximum Gasteiger partial charge on any atom is 0.335 e. The van der Waals surface area contributed by atoms with E-state index in [-0.39, 0.29) is 5.56 Å². The van der Waals surface area contributed by atoms with Crippen LogP contribution in [-0.4, -0.2) is 20.5 Å². The van der Waals surface area contributed by atoms with Gasteiger partial charge in [0.2, 0.25) is 0 Å². The molecule has 0 spiro atoms. The van der Waals surface area contributed by atoms with E-state index in [4.69, 9.17) is 5.11 Å². The molecule has 0 unspecified atom stereocenters. The fraction of sp³-hybridized carbons (Fsp3) is 0.111. The lowest BCUT2D eigenvalue weighted by molar-refractivity contribution is 0.0697. The number of pyridine rings is 1. The van der Waals surface area contributed by atoms with E-state index in [1.165, 1.54) is 0 Å². The quantitative estimate of drug-likeness (QED) is 0.848. The third kappa shape index (κ3) is 1.29. The molecule has 0 saturated carbocycles. The number of carboxylic acid groups (broad SMARTS) is 1. The second-order valence-electron chi connectivity index (χ2n) is 2.93. The van der Waals surface area contributed by atoms with E-state index in [1.807, 2.05) is 11.3 Å². The van der Waals surface area contributed by atoms with Crippen molar-refractivity contribution in [3.05, 3.63) is 34.3 Å². The van der Waals surface area contributed by atoms with Gasteiger partial charge in [0.25, 0.3) is 0 Å². The molecule has 2 aromatic rings. The molecule has 0 aliphatic carbocycles. The summed E-state index contributed by atoms with van der Waals surface area (Å²) in [7, 11) is 0. The third-order valence-corrected chi connectivity index (χ3v) is 2.61. The molecule has 5 heteroatoms. The molecule has 0 aromatic carbocycles. The zero-order chi connectivity index (χ0) is 10.3. The van der Waals surface area contributed by atoms with E-state index < -0.39 is 5.97 Å². The topological polar surface area (TPSA) is 54.6 Å². The fourth-order valence-corrected chi connectivity index (χ4v) is 1.89. The highest BCUT2D eigenvalue weighted by atomic mass is 79.9. The SMILES string of the molecule is Cc1nc(Br)c2cc(C(=O)O)ccn12. The van der Waals surface area contributed by atoms with E-state index in [0.29, 0.717) is 4.60 Å². The lowest BCUT2D eigenvalue weighted by Gasteiger charge is -1.97. The summed E-state index contributed by atoms with van der Waals surface area (Å²) in [5.74, 6) is -0.109. The number of hydrogen-bond acceptors (Lipinski definition) is 2. The van der Waals surface area contributed by atoms with E-state index >= 15 is 0 Å². The molecule has 2 rings (SSSR count). The van der Waals surface area contributed by atoms with Gasteiger partial charge in [-0.1, -0.05) is 0 Å². The highest BCUT2D eigenvalue weighted by Gasteiger charge is 2.08. The summed E-state index contributed by atoms with van der Waals surface area (Å²) < 4.78 is 2.49. The van der Waals surface area contributed by atoms with Crippen LogP contribution in [0.25, 0.3) is 5.52 Å². The average molecular weight is 255 g/mol. The van der Waals surface area contributed by atoms with Gasteiger partial charge < -0.3 is 9.51 Å². The Kier molecular flexibility index (Phi) is 2.03. The summed E-state index contributed by atoms with van der Waals surface area (Å²) in [6, 6.07) is 3.14. The van der Waals surface area contributed by atoms with Crippen molar-refractivity contribution in [1.29, 1.82) is 0 Å². The number of carboxylic acids is 1. The van der Waals surface area contributed by atoms with Gasteiger partial charge in [-0.3, -0.25) is 0 Å². The number of carbonyl (C=O) groups is 1. The van der Waals surface area contributed by atoms with Crippen molar-refractivity contribution < 1.29 is 9.90 Å². The number of imidazole rings is 1.